The van der Waals surface area contributed by atoms with Crippen molar-refractivity contribution in [3.05, 3.63) is 80.9 Å². The number of methoxy groups -OCH3 is 1. The number of hydrogen-bond donors (Lipinski definition) is 1. The molecule has 1 aromatic carbocycles. The number of nitrogens with zero attached hydrogens (tertiary/aromatic N) is 5. The van der Waals surface area contributed by atoms with E-state index in [9.17, 15) is 9.90 Å². The molecule has 1 atom stereocenters. The van der Waals surface area contributed by atoms with Gasteiger partial charge in [-0.05, 0) is 43.2 Å². The molecule has 9 nitrogen and oxygen atoms in total. The van der Waals surface area contributed by atoms with Gasteiger partial charge in [-0.15, -0.1) is 10.2 Å². The van der Waals surface area contributed by atoms with E-state index < -0.39 is 11.4 Å². The smallest absolute Gasteiger partial charge is 0.270 e. The van der Waals surface area contributed by atoms with Crippen LogP contribution in [0.25, 0.3) is 11.5 Å². The summed E-state index contributed by atoms with van der Waals surface area (Å²) >= 11 is 5.89. The van der Waals surface area contributed by atoms with Crippen LogP contribution in [0.15, 0.2) is 51.8 Å². The van der Waals surface area contributed by atoms with E-state index in [0.717, 1.165) is 18.4 Å². The van der Waals surface area contributed by atoms with Crippen molar-refractivity contribution < 1.29 is 14.3 Å². The molecule has 0 aliphatic carbocycles. The molecule has 1 unspecified atom stereocenters. The molecule has 0 spiro atoms. The van der Waals surface area contributed by atoms with Gasteiger partial charge in [-0.25, -0.2) is 0 Å². The lowest BCUT2D eigenvalue weighted by Gasteiger charge is -2.21. The quantitative estimate of drug-likeness (QED) is 0.358. The highest BCUT2D eigenvalue weighted by atomic mass is 35.5. The zero-order chi connectivity index (χ0) is 24.9. The van der Waals surface area contributed by atoms with E-state index in [1.54, 1.807) is 23.8 Å². The number of aromatic hydroxyl groups is 1. The van der Waals surface area contributed by atoms with Crippen molar-refractivity contribution in [2.45, 2.75) is 45.6 Å². The fourth-order valence-corrected chi connectivity index (χ4v) is 3.92. The zero-order valence-corrected chi connectivity index (χ0v) is 20.5. The molecule has 0 amide bonds. The monoisotopic (exact) mass is 495 g/mol. The Bertz CT molecular complexity index is 1370. The van der Waals surface area contributed by atoms with Crippen LogP contribution < -0.4 is 10.3 Å². The number of unbranched alkanes of at least 4 members (excludes halogenated alkanes) is 1. The number of ether oxygens (including phenoxy) is 1. The van der Waals surface area contributed by atoms with Gasteiger partial charge in [-0.1, -0.05) is 37.1 Å². The summed E-state index contributed by atoms with van der Waals surface area (Å²) in [6, 6.07) is 10.6. The minimum absolute atomic E-state index is 0.0994. The first-order chi connectivity index (χ1) is 16.9. The van der Waals surface area contributed by atoms with Gasteiger partial charge in [0.15, 0.2) is 5.56 Å². The van der Waals surface area contributed by atoms with E-state index in [4.69, 9.17) is 20.8 Å². The first kappa shape index (κ1) is 24.4. The molecular weight excluding hydrogens is 470 g/mol. The second-order valence-electron chi connectivity index (χ2n) is 8.10. The van der Waals surface area contributed by atoms with E-state index >= 15 is 0 Å². The molecule has 4 aromatic rings. The molecular formula is C25H26ClN5O4. The number of pyridine rings is 1. The van der Waals surface area contributed by atoms with Gasteiger partial charge >= 0.3 is 0 Å². The Labute approximate surface area is 207 Å². The van der Waals surface area contributed by atoms with Gasteiger partial charge in [0, 0.05) is 18.3 Å². The Morgan fingerprint density at radius 3 is 2.77 bits per heavy atom. The maximum Gasteiger partial charge on any atom is 0.270 e. The molecule has 0 radical (unpaired) electrons. The first-order valence-electron chi connectivity index (χ1n) is 11.3. The standard InChI is InChI=1S/C25H26ClN5O4/c1-4-5-9-20-28-23(32)22(24-30-29-21(35-24)13-18-11-10-17(26)14-27-18)25(33)31(20)15(2)16-7-6-8-19(12-16)34-3/h6-8,10-12,14-15,32H,4-5,9,13H2,1-3H3. The second kappa shape index (κ2) is 10.7. The lowest BCUT2D eigenvalue weighted by atomic mass is 10.1. The van der Waals surface area contributed by atoms with Crippen LogP contribution in [0, 0.1) is 0 Å². The lowest BCUT2D eigenvalue weighted by Crippen LogP contribution is -2.30. The summed E-state index contributed by atoms with van der Waals surface area (Å²) in [6.07, 6.45) is 4.04. The number of hydrogen-bond acceptors (Lipinski definition) is 8. The van der Waals surface area contributed by atoms with Crippen molar-refractivity contribution in [1.82, 2.24) is 24.7 Å². The number of benzene rings is 1. The molecule has 182 valence electrons. The predicted molar refractivity (Wildman–Crippen MR) is 131 cm³/mol. The van der Waals surface area contributed by atoms with Crippen LogP contribution in [0.1, 0.15) is 55.7 Å². The topological polar surface area (TPSA) is 116 Å². The summed E-state index contributed by atoms with van der Waals surface area (Å²) in [4.78, 5) is 22.3. The lowest BCUT2D eigenvalue weighted by molar-refractivity contribution is 0.412. The van der Waals surface area contributed by atoms with Crippen LogP contribution in [0.3, 0.4) is 0 Å². The fraction of sp³-hybridized carbons (Fsp3) is 0.320. The van der Waals surface area contributed by atoms with Crippen LogP contribution in [-0.2, 0) is 12.8 Å². The van der Waals surface area contributed by atoms with Crippen molar-refractivity contribution >= 4 is 11.6 Å². The van der Waals surface area contributed by atoms with E-state index in [0.29, 0.717) is 28.7 Å². The predicted octanol–water partition coefficient (Wildman–Crippen LogP) is 4.60. The Balaban J connectivity index is 1.76. The summed E-state index contributed by atoms with van der Waals surface area (Å²) in [6.45, 7) is 3.96. The third-order valence-electron chi connectivity index (χ3n) is 5.69. The normalized spacial score (nSPS) is 12.0. The first-order valence-corrected chi connectivity index (χ1v) is 11.7. The van der Waals surface area contributed by atoms with E-state index in [-0.39, 0.29) is 29.8 Å². The third-order valence-corrected chi connectivity index (χ3v) is 5.91. The number of aryl methyl sites for hydroxylation is 1. The van der Waals surface area contributed by atoms with Gasteiger partial charge in [0.1, 0.15) is 11.6 Å². The van der Waals surface area contributed by atoms with Gasteiger partial charge in [-0.3, -0.25) is 14.3 Å². The maximum atomic E-state index is 13.7. The average molecular weight is 496 g/mol. The molecule has 0 saturated carbocycles. The van der Waals surface area contributed by atoms with Crippen molar-refractivity contribution in [2.75, 3.05) is 7.11 Å². The average Bonchev–Trinajstić information content (AvgIpc) is 3.31. The molecule has 35 heavy (non-hydrogen) atoms. The SMILES string of the molecule is CCCCc1nc(O)c(-c2nnc(Cc3ccc(Cl)cn3)o2)c(=O)n1C(C)c1cccc(OC)c1. The van der Waals surface area contributed by atoms with Crippen LogP contribution in [0.4, 0.5) is 0 Å². The Morgan fingerprint density at radius 2 is 2.06 bits per heavy atom. The van der Waals surface area contributed by atoms with Gasteiger partial charge in [0.25, 0.3) is 11.4 Å². The minimum atomic E-state index is -0.459. The summed E-state index contributed by atoms with van der Waals surface area (Å²) in [5.74, 6) is 0.879. The van der Waals surface area contributed by atoms with Gasteiger partial charge in [0.05, 0.1) is 24.6 Å². The zero-order valence-electron chi connectivity index (χ0n) is 19.7. The molecule has 4 rings (SSSR count). The van der Waals surface area contributed by atoms with Crippen molar-refractivity contribution in [2.24, 2.45) is 0 Å². The molecule has 0 bridgehead atoms. The molecule has 0 fully saturated rings. The summed E-state index contributed by atoms with van der Waals surface area (Å²) in [5, 5.41) is 19.3. The van der Waals surface area contributed by atoms with Crippen LogP contribution >= 0.6 is 11.6 Å². The fourth-order valence-electron chi connectivity index (χ4n) is 3.81. The number of halogens is 1. The minimum Gasteiger partial charge on any atom is -0.497 e. The molecule has 0 saturated heterocycles. The van der Waals surface area contributed by atoms with Gasteiger partial charge in [-0.2, -0.15) is 4.98 Å². The van der Waals surface area contributed by atoms with Gasteiger partial charge in [0.2, 0.25) is 11.8 Å². The Kier molecular flexibility index (Phi) is 7.45. The highest BCUT2D eigenvalue weighted by molar-refractivity contribution is 6.30. The van der Waals surface area contributed by atoms with Crippen LogP contribution in [-0.4, -0.2) is 36.9 Å². The Morgan fingerprint density at radius 1 is 1.23 bits per heavy atom. The van der Waals surface area contributed by atoms with Crippen molar-refractivity contribution in [3.8, 4) is 23.1 Å². The number of rotatable bonds is 9. The molecule has 1 N–H and O–H groups in total. The van der Waals surface area contributed by atoms with E-state index in [1.165, 1.54) is 6.20 Å². The molecule has 3 aromatic heterocycles. The second-order valence-corrected chi connectivity index (χ2v) is 8.54. The molecule has 0 aliphatic rings. The van der Waals surface area contributed by atoms with Crippen molar-refractivity contribution in [1.29, 1.82) is 0 Å². The summed E-state index contributed by atoms with van der Waals surface area (Å²) in [5.41, 5.74) is 0.940. The van der Waals surface area contributed by atoms with Crippen LogP contribution in [0.2, 0.25) is 5.02 Å². The van der Waals surface area contributed by atoms with E-state index in [1.807, 2.05) is 31.2 Å². The van der Waals surface area contributed by atoms with E-state index in [2.05, 4.69) is 27.1 Å². The van der Waals surface area contributed by atoms with Crippen LogP contribution in [0.5, 0.6) is 11.6 Å². The number of aromatic nitrogens is 5. The molecule has 3 heterocycles. The third kappa shape index (κ3) is 5.35. The summed E-state index contributed by atoms with van der Waals surface area (Å²) in [7, 11) is 1.59. The highest BCUT2D eigenvalue weighted by Gasteiger charge is 2.25. The molecule has 10 heteroatoms. The van der Waals surface area contributed by atoms with Gasteiger partial charge < -0.3 is 14.3 Å². The Hall–Kier alpha value is -3.72. The largest absolute Gasteiger partial charge is 0.497 e. The molecule has 0 aliphatic heterocycles. The highest BCUT2D eigenvalue weighted by Crippen LogP contribution is 2.28. The maximum absolute atomic E-state index is 13.7. The summed E-state index contributed by atoms with van der Waals surface area (Å²) < 4.78 is 12.7. The van der Waals surface area contributed by atoms with Crippen molar-refractivity contribution in [3.63, 3.8) is 0 Å².